The Bertz CT molecular complexity index is 214. The summed E-state index contributed by atoms with van der Waals surface area (Å²) in [6.45, 7) is 6.01. The van der Waals surface area contributed by atoms with Crippen LogP contribution in [0, 0.1) is 5.92 Å². The van der Waals surface area contributed by atoms with Gasteiger partial charge in [-0.2, -0.15) is 0 Å². The zero-order chi connectivity index (χ0) is 12.1. The molecule has 1 aliphatic heterocycles. The monoisotopic (exact) mass is 240 g/mol. The van der Waals surface area contributed by atoms with Crippen molar-refractivity contribution in [1.29, 1.82) is 0 Å². The molecular formula is C14H28N2O. The molecule has 1 saturated heterocycles. The van der Waals surface area contributed by atoms with E-state index in [2.05, 4.69) is 11.8 Å². The molecule has 0 aromatic rings. The van der Waals surface area contributed by atoms with Crippen LogP contribution in [0.2, 0.25) is 0 Å². The van der Waals surface area contributed by atoms with Crippen molar-refractivity contribution < 1.29 is 4.74 Å². The summed E-state index contributed by atoms with van der Waals surface area (Å²) >= 11 is 0. The molecule has 1 saturated carbocycles. The topological polar surface area (TPSA) is 38.5 Å². The van der Waals surface area contributed by atoms with Crippen LogP contribution < -0.4 is 5.73 Å². The molecule has 1 atom stereocenters. The van der Waals surface area contributed by atoms with Gasteiger partial charge in [0.2, 0.25) is 0 Å². The zero-order valence-electron chi connectivity index (χ0n) is 11.2. The number of hydrogen-bond acceptors (Lipinski definition) is 3. The van der Waals surface area contributed by atoms with Gasteiger partial charge in [0.25, 0.3) is 0 Å². The van der Waals surface area contributed by atoms with Crippen LogP contribution in [0.25, 0.3) is 0 Å². The predicted octanol–water partition coefficient (Wildman–Crippen LogP) is 2.00. The quantitative estimate of drug-likeness (QED) is 0.817. The first-order valence-corrected chi connectivity index (χ1v) is 7.39. The van der Waals surface area contributed by atoms with E-state index < -0.39 is 0 Å². The fourth-order valence-electron chi connectivity index (χ4n) is 3.42. The Morgan fingerprint density at radius 1 is 1.24 bits per heavy atom. The van der Waals surface area contributed by atoms with Gasteiger partial charge in [0.15, 0.2) is 0 Å². The lowest BCUT2D eigenvalue weighted by Gasteiger charge is -2.41. The van der Waals surface area contributed by atoms with E-state index in [1.165, 1.54) is 38.5 Å². The van der Waals surface area contributed by atoms with Gasteiger partial charge in [0, 0.05) is 25.7 Å². The summed E-state index contributed by atoms with van der Waals surface area (Å²) in [5, 5.41) is 0. The molecule has 0 aromatic carbocycles. The highest BCUT2D eigenvalue weighted by molar-refractivity contribution is 4.83. The van der Waals surface area contributed by atoms with Crippen molar-refractivity contribution in [1.82, 2.24) is 4.90 Å². The number of rotatable bonds is 4. The standard InChI is InChI=1S/C14H28N2O/c1-2-3-12-4-6-13(7-5-12)16-8-9-17-14(10-15)11-16/h12-14H,2-11,15H2,1H3. The smallest absolute Gasteiger partial charge is 0.0824 e. The van der Waals surface area contributed by atoms with E-state index in [1.807, 2.05) is 0 Å². The second-order valence-corrected chi connectivity index (χ2v) is 5.69. The maximum Gasteiger partial charge on any atom is 0.0824 e. The summed E-state index contributed by atoms with van der Waals surface area (Å²) in [7, 11) is 0. The largest absolute Gasteiger partial charge is 0.374 e. The molecule has 3 heteroatoms. The molecule has 1 unspecified atom stereocenters. The molecule has 2 rings (SSSR count). The van der Waals surface area contributed by atoms with E-state index in [0.717, 1.165) is 31.7 Å². The Morgan fingerprint density at radius 3 is 2.65 bits per heavy atom. The third kappa shape index (κ3) is 3.67. The van der Waals surface area contributed by atoms with Gasteiger partial charge < -0.3 is 10.5 Å². The lowest BCUT2D eigenvalue weighted by atomic mass is 9.83. The van der Waals surface area contributed by atoms with Gasteiger partial charge in [0.1, 0.15) is 0 Å². The lowest BCUT2D eigenvalue weighted by Crippen LogP contribution is -2.50. The van der Waals surface area contributed by atoms with E-state index in [4.69, 9.17) is 10.5 Å². The average Bonchev–Trinajstić information content (AvgIpc) is 2.40. The minimum Gasteiger partial charge on any atom is -0.374 e. The zero-order valence-corrected chi connectivity index (χ0v) is 11.2. The fourth-order valence-corrected chi connectivity index (χ4v) is 3.42. The molecule has 0 bridgehead atoms. The minimum atomic E-state index is 0.275. The van der Waals surface area contributed by atoms with E-state index in [1.54, 1.807) is 0 Å². The maximum absolute atomic E-state index is 5.70. The van der Waals surface area contributed by atoms with Crippen LogP contribution in [0.3, 0.4) is 0 Å². The van der Waals surface area contributed by atoms with Crippen LogP contribution in [0.4, 0.5) is 0 Å². The Kier molecular flexibility index (Phi) is 5.26. The molecule has 0 spiro atoms. The van der Waals surface area contributed by atoms with Gasteiger partial charge in [-0.05, 0) is 31.6 Å². The normalized spacial score (nSPS) is 36.0. The molecule has 3 nitrogen and oxygen atoms in total. The molecule has 17 heavy (non-hydrogen) atoms. The van der Waals surface area contributed by atoms with Crippen LogP contribution in [0.15, 0.2) is 0 Å². The molecule has 2 N–H and O–H groups in total. The molecule has 2 fully saturated rings. The van der Waals surface area contributed by atoms with Crippen molar-refractivity contribution in [3.63, 3.8) is 0 Å². The number of nitrogens with zero attached hydrogens (tertiary/aromatic N) is 1. The summed E-state index contributed by atoms with van der Waals surface area (Å²) in [5.41, 5.74) is 5.70. The third-order valence-corrected chi connectivity index (χ3v) is 4.46. The fraction of sp³-hybridized carbons (Fsp3) is 1.00. The highest BCUT2D eigenvalue weighted by atomic mass is 16.5. The minimum absolute atomic E-state index is 0.275. The first-order valence-electron chi connectivity index (χ1n) is 7.39. The summed E-state index contributed by atoms with van der Waals surface area (Å²) < 4.78 is 5.64. The van der Waals surface area contributed by atoms with Crippen molar-refractivity contribution in [2.45, 2.75) is 57.6 Å². The molecule has 0 aromatic heterocycles. The number of ether oxygens (including phenoxy) is 1. The van der Waals surface area contributed by atoms with Gasteiger partial charge in [-0.3, -0.25) is 4.90 Å². The predicted molar refractivity (Wildman–Crippen MR) is 71.0 cm³/mol. The summed E-state index contributed by atoms with van der Waals surface area (Å²) in [6.07, 6.45) is 8.71. The van der Waals surface area contributed by atoms with Crippen molar-refractivity contribution in [3.05, 3.63) is 0 Å². The highest BCUT2D eigenvalue weighted by Crippen LogP contribution is 2.31. The Balaban J connectivity index is 1.76. The Morgan fingerprint density at radius 2 is 2.00 bits per heavy atom. The van der Waals surface area contributed by atoms with Crippen LogP contribution >= 0.6 is 0 Å². The second kappa shape index (κ2) is 6.72. The van der Waals surface area contributed by atoms with Crippen molar-refractivity contribution in [2.75, 3.05) is 26.2 Å². The Hall–Kier alpha value is -0.120. The second-order valence-electron chi connectivity index (χ2n) is 5.69. The van der Waals surface area contributed by atoms with Crippen molar-refractivity contribution in [3.8, 4) is 0 Å². The summed E-state index contributed by atoms with van der Waals surface area (Å²) in [5.74, 6) is 1.00. The lowest BCUT2D eigenvalue weighted by molar-refractivity contribution is -0.0456. The Labute approximate surface area is 106 Å². The highest BCUT2D eigenvalue weighted by Gasteiger charge is 2.29. The van der Waals surface area contributed by atoms with Crippen molar-refractivity contribution >= 4 is 0 Å². The van der Waals surface area contributed by atoms with Crippen LogP contribution in [0.1, 0.15) is 45.4 Å². The molecule has 1 heterocycles. The van der Waals surface area contributed by atoms with E-state index in [-0.39, 0.29) is 6.10 Å². The number of morpholine rings is 1. The SMILES string of the molecule is CCCC1CCC(N2CCOC(CN)C2)CC1. The first kappa shape index (κ1) is 13.3. The van der Waals surface area contributed by atoms with Crippen LogP contribution in [0.5, 0.6) is 0 Å². The summed E-state index contributed by atoms with van der Waals surface area (Å²) in [4.78, 5) is 2.63. The first-order chi connectivity index (χ1) is 8.33. The summed E-state index contributed by atoms with van der Waals surface area (Å²) in [6, 6.07) is 0.807. The number of nitrogens with two attached hydrogens (primary N) is 1. The van der Waals surface area contributed by atoms with Crippen LogP contribution in [-0.2, 0) is 4.74 Å². The van der Waals surface area contributed by atoms with E-state index in [9.17, 15) is 0 Å². The van der Waals surface area contributed by atoms with E-state index >= 15 is 0 Å². The molecular weight excluding hydrogens is 212 g/mol. The molecule has 0 amide bonds. The van der Waals surface area contributed by atoms with Gasteiger partial charge in [-0.25, -0.2) is 0 Å². The molecule has 2 aliphatic rings. The van der Waals surface area contributed by atoms with Gasteiger partial charge in [0.05, 0.1) is 12.7 Å². The molecule has 100 valence electrons. The maximum atomic E-state index is 5.70. The van der Waals surface area contributed by atoms with E-state index in [0.29, 0.717) is 6.54 Å². The van der Waals surface area contributed by atoms with Crippen LogP contribution in [-0.4, -0.2) is 43.3 Å². The number of hydrogen-bond donors (Lipinski definition) is 1. The van der Waals surface area contributed by atoms with Gasteiger partial charge in [-0.1, -0.05) is 19.8 Å². The van der Waals surface area contributed by atoms with Gasteiger partial charge >= 0.3 is 0 Å². The average molecular weight is 240 g/mol. The molecule has 0 radical (unpaired) electrons. The third-order valence-electron chi connectivity index (χ3n) is 4.46. The molecule has 1 aliphatic carbocycles. The van der Waals surface area contributed by atoms with Gasteiger partial charge in [-0.15, -0.1) is 0 Å². The van der Waals surface area contributed by atoms with Crippen molar-refractivity contribution in [2.24, 2.45) is 11.7 Å².